The highest BCUT2D eigenvalue weighted by Gasteiger charge is 2.12. The maximum absolute atomic E-state index is 13.7. The number of hydrogen-bond donors (Lipinski definition) is 1. The highest BCUT2D eigenvalue weighted by Crippen LogP contribution is 2.19. The van der Waals surface area contributed by atoms with E-state index < -0.39 is 17.1 Å². The maximum Gasteiger partial charge on any atom is 0.417 e. The zero-order chi connectivity index (χ0) is 14.3. The summed E-state index contributed by atoms with van der Waals surface area (Å²) in [6, 6.07) is 5.76. The van der Waals surface area contributed by atoms with Gasteiger partial charge < -0.3 is 8.98 Å². The first kappa shape index (κ1) is 12.7. The average Bonchev–Trinajstić information content (AvgIpc) is 2.78. The van der Waals surface area contributed by atoms with E-state index in [2.05, 4.69) is 4.98 Å². The minimum absolute atomic E-state index is 0.0342. The van der Waals surface area contributed by atoms with Crippen LogP contribution < -0.4 is 11.3 Å². The van der Waals surface area contributed by atoms with Gasteiger partial charge in [0.15, 0.2) is 11.1 Å². The van der Waals surface area contributed by atoms with Crippen molar-refractivity contribution in [2.24, 2.45) is 0 Å². The predicted molar refractivity (Wildman–Crippen MR) is 71.6 cm³/mol. The fourth-order valence-corrected chi connectivity index (χ4v) is 2.19. The van der Waals surface area contributed by atoms with Crippen LogP contribution >= 0.6 is 11.6 Å². The first-order valence-corrected chi connectivity index (χ1v) is 6.09. The average molecular weight is 295 g/mol. The molecule has 5 nitrogen and oxygen atoms in total. The molecule has 3 aromatic rings. The minimum Gasteiger partial charge on any atom is -0.408 e. The number of rotatable bonds is 2. The number of hydrogen-bond acceptors (Lipinski definition) is 3. The Labute approximate surface area is 116 Å². The Morgan fingerprint density at radius 1 is 1.30 bits per heavy atom. The Bertz CT molecular complexity index is 890. The number of oxazole rings is 1. The van der Waals surface area contributed by atoms with E-state index in [9.17, 15) is 14.0 Å². The van der Waals surface area contributed by atoms with Gasteiger partial charge in [0.2, 0.25) is 0 Å². The maximum atomic E-state index is 13.7. The molecule has 0 aliphatic carbocycles. The fraction of sp³-hybridized carbons (Fsp3) is 0.0769. The van der Waals surface area contributed by atoms with Crippen LogP contribution in [0.1, 0.15) is 5.56 Å². The number of nitrogens with one attached hydrogen (secondary N) is 1. The zero-order valence-corrected chi connectivity index (χ0v) is 10.8. The van der Waals surface area contributed by atoms with Crippen LogP contribution in [0.4, 0.5) is 4.39 Å². The standard InChI is InChI=1S/C13H8ClFN2O3/c14-8-2-1-3-9(15)7(8)6-17-5-4-10-11(12(17)18)16-13(19)20-10/h1-5H,6H2,(H,16,19). The van der Waals surface area contributed by atoms with Crippen LogP contribution in [0.15, 0.2) is 44.5 Å². The number of nitrogens with zero attached hydrogens (tertiary/aromatic N) is 1. The number of aromatic nitrogens is 2. The topological polar surface area (TPSA) is 68.0 Å². The van der Waals surface area contributed by atoms with Crippen LogP contribution in [0, 0.1) is 5.82 Å². The normalized spacial score (nSPS) is 11.1. The van der Waals surface area contributed by atoms with E-state index in [1.165, 1.54) is 29.0 Å². The SMILES string of the molecule is O=c1[nH]c2c(=O)n(Cc3c(F)cccc3Cl)ccc2o1. The lowest BCUT2D eigenvalue weighted by Gasteiger charge is -2.08. The van der Waals surface area contributed by atoms with E-state index >= 15 is 0 Å². The molecule has 7 heteroatoms. The summed E-state index contributed by atoms with van der Waals surface area (Å²) >= 11 is 5.92. The molecule has 102 valence electrons. The van der Waals surface area contributed by atoms with Gasteiger partial charge in [0.05, 0.1) is 6.54 Å². The second-order valence-electron chi connectivity index (χ2n) is 4.20. The third kappa shape index (κ3) is 2.04. The van der Waals surface area contributed by atoms with E-state index in [0.29, 0.717) is 0 Å². The summed E-state index contributed by atoms with van der Waals surface area (Å²) < 4.78 is 19.7. The lowest BCUT2D eigenvalue weighted by Crippen LogP contribution is -2.21. The van der Waals surface area contributed by atoms with Crippen molar-refractivity contribution >= 4 is 22.7 Å². The Hall–Kier alpha value is -2.34. The van der Waals surface area contributed by atoms with Gasteiger partial charge in [0.25, 0.3) is 5.56 Å². The van der Waals surface area contributed by atoms with Gasteiger partial charge in [0, 0.05) is 16.8 Å². The monoisotopic (exact) mass is 294 g/mol. The molecule has 20 heavy (non-hydrogen) atoms. The lowest BCUT2D eigenvalue weighted by molar-refractivity contribution is 0.554. The van der Waals surface area contributed by atoms with Crippen LogP contribution in [-0.2, 0) is 6.54 Å². The van der Waals surface area contributed by atoms with Gasteiger partial charge in [-0.05, 0) is 18.2 Å². The molecule has 0 saturated heterocycles. The van der Waals surface area contributed by atoms with Crippen LogP contribution in [-0.4, -0.2) is 9.55 Å². The molecule has 0 spiro atoms. The largest absolute Gasteiger partial charge is 0.417 e. The van der Waals surface area contributed by atoms with Crippen molar-refractivity contribution in [2.45, 2.75) is 6.54 Å². The van der Waals surface area contributed by atoms with Crippen LogP contribution in [0.5, 0.6) is 0 Å². The highest BCUT2D eigenvalue weighted by molar-refractivity contribution is 6.31. The van der Waals surface area contributed by atoms with Crippen LogP contribution in [0.3, 0.4) is 0 Å². The van der Waals surface area contributed by atoms with Crippen molar-refractivity contribution in [3.05, 3.63) is 67.8 Å². The number of pyridine rings is 1. The molecule has 0 bridgehead atoms. The Kier molecular flexibility index (Phi) is 2.94. The van der Waals surface area contributed by atoms with Crippen molar-refractivity contribution in [3.8, 4) is 0 Å². The predicted octanol–water partition coefficient (Wildman–Crippen LogP) is 2.12. The first-order valence-electron chi connectivity index (χ1n) is 5.71. The van der Waals surface area contributed by atoms with Crippen molar-refractivity contribution in [1.29, 1.82) is 0 Å². The summed E-state index contributed by atoms with van der Waals surface area (Å²) in [5, 5.41) is 0.234. The molecule has 0 unspecified atom stereocenters. The summed E-state index contributed by atoms with van der Waals surface area (Å²) in [7, 11) is 0. The van der Waals surface area contributed by atoms with E-state index in [1.54, 1.807) is 6.07 Å². The van der Waals surface area contributed by atoms with Gasteiger partial charge in [-0.15, -0.1) is 0 Å². The van der Waals surface area contributed by atoms with Gasteiger partial charge in [-0.1, -0.05) is 17.7 Å². The summed E-state index contributed by atoms with van der Waals surface area (Å²) in [5.41, 5.74) is -0.0602. The summed E-state index contributed by atoms with van der Waals surface area (Å²) in [6.45, 7) is -0.0342. The molecule has 0 aliphatic heterocycles. The highest BCUT2D eigenvalue weighted by atomic mass is 35.5. The van der Waals surface area contributed by atoms with E-state index in [4.69, 9.17) is 16.0 Å². The van der Waals surface area contributed by atoms with Gasteiger partial charge in [-0.3, -0.25) is 9.78 Å². The molecule has 2 heterocycles. The second kappa shape index (κ2) is 4.64. The van der Waals surface area contributed by atoms with E-state index in [-0.39, 0.29) is 28.2 Å². The Morgan fingerprint density at radius 3 is 2.85 bits per heavy atom. The first-order chi connectivity index (χ1) is 9.56. The number of H-pyrrole nitrogens is 1. The molecular weight excluding hydrogens is 287 g/mol. The minimum atomic E-state index is -0.709. The van der Waals surface area contributed by atoms with Crippen LogP contribution in [0.2, 0.25) is 5.02 Å². The number of halogens is 2. The van der Waals surface area contributed by atoms with Crippen molar-refractivity contribution in [3.63, 3.8) is 0 Å². The Balaban J connectivity index is 2.14. The molecule has 2 aromatic heterocycles. The molecule has 0 saturated carbocycles. The quantitative estimate of drug-likeness (QED) is 0.787. The lowest BCUT2D eigenvalue weighted by atomic mass is 10.2. The molecule has 0 amide bonds. The number of benzene rings is 1. The van der Waals surface area contributed by atoms with E-state index in [1.807, 2.05) is 0 Å². The molecule has 0 radical (unpaired) electrons. The molecular formula is C13H8ClFN2O3. The van der Waals surface area contributed by atoms with Gasteiger partial charge in [0.1, 0.15) is 5.82 Å². The summed E-state index contributed by atoms with van der Waals surface area (Å²) in [6.07, 6.45) is 1.42. The molecule has 0 aliphatic rings. The van der Waals surface area contributed by atoms with E-state index in [0.717, 1.165) is 0 Å². The van der Waals surface area contributed by atoms with Crippen LogP contribution in [0.25, 0.3) is 11.1 Å². The van der Waals surface area contributed by atoms with Gasteiger partial charge in [-0.25, -0.2) is 9.18 Å². The third-order valence-corrected chi connectivity index (χ3v) is 3.30. The molecule has 0 fully saturated rings. The molecule has 3 rings (SSSR count). The fourth-order valence-electron chi connectivity index (χ4n) is 1.96. The molecule has 1 aromatic carbocycles. The second-order valence-corrected chi connectivity index (χ2v) is 4.61. The Morgan fingerprint density at radius 2 is 2.10 bits per heavy atom. The zero-order valence-electron chi connectivity index (χ0n) is 10.0. The molecule has 1 N–H and O–H groups in total. The number of fused-ring (bicyclic) bond motifs is 1. The van der Waals surface area contributed by atoms with Crippen molar-refractivity contribution in [1.82, 2.24) is 9.55 Å². The summed E-state index contributed by atoms with van der Waals surface area (Å²) in [4.78, 5) is 25.5. The smallest absolute Gasteiger partial charge is 0.408 e. The van der Waals surface area contributed by atoms with Crippen molar-refractivity contribution < 1.29 is 8.81 Å². The van der Waals surface area contributed by atoms with Gasteiger partial charge >= 0.3 is 5.76 Å². The van der Waals surface area contributed by atoms with Crippen molar-refractivity contribution in [2.75, 3.05) is 0 Å². The summed E-state index contributed by atoms with van der Waals surface area (Å²) in [5.74, 6) is -1.20. The number of aromatic amines is 1. The molecule has 0 atom stereocenters. The van der Waals surface area contributed by atoms with Gasteiger partial charge in [-0.2, -0.15) is 0 Å². The third-order valence-electron chi connectivity index (χ3n) is 2.95.